The second-order valence-corrected chi connectivity index (χ2v) is 6.55. The largest absolute Gasteiger partial charge is 0.462 e. The number of rotatable bonds is 7. The molecule has 0 saturated carbocycles. The maximum absolute atomic E-state index is 11.9. The van der Waals surface area contributed by atoms with E-state index in [1.807, 2.05) is 6.92 Å². The molecule has 1 aliphatic carbocycles. The van der Waals surface area contributed by atoms with Crippen molar-refractivity contribution in [3.8, 4) is 0 Å². The number of hydrogen-bond acceptors (Lipinski definition) is 4. The first-order valence-electron chi connectivity index (χ1n) is 7.28. The van der Waals surface area contributed by atoms with Gasteiger partial charge in [-0.15, -0.1) is 0 Å². The first kappa shape index (κ1) is 16.0. The normalized spacial score (nSPS) is 32.8. The Bertz CT molecular complexity index is 369. The van der Waals surface area contributed by atoms with E-state index in [2.05, 4.69) is 22.0 Å². The maximum Gasteiger partial charge on any atom is 0.310 e. The summed E-state index contributed by atoms with van der Waals surface area (Å²) in [6.07, 6.45) is 6.42. The van der Waals surface area contributed by atoms with Crippen LogP contribution in [0.1, 0.15) is 32.6 Å². The molecular weight excluding hydrogens is 324 g/mol. The molecule has 0 amide bonds. The Hall–Kier alpha value is -0.390. The molecule has 5 heteroatoms. The number of fused-ring (bicyclic) bond motifs is 1. The average molecular weight is 347 g/mol. The van der Waals surface area contributed by atoms with E-state index in [0.29, 0.717) is 12.7 Å². The van der Waals surface area contributed by atoms with Crippen molar-refractivity contribution in [2.45, 2.75) is 38.7 Å². The third-order valence-corrected chi connectivity index (χ3v) is 4.92. The zero-order chi connectivity index (χ0) is 14.5. The van der Waals surface area contributed by atoms with E-state index >= 15 is 0 Å². The van der Waals surface area contributed by atoms with Gasteiger partial charge in [-0.05, 0) is 36.6 Å². The second-order valence-electron chi connectivity index (χ2n) is 5.63. The molecule has 0 aromatic rings. The lowest BCUT2D eigenvalue weighted by molar-refractivity contribution is -0.144. The Labute approximate surface area is 129 Å². The number of methoxy groups -OCH3 is 1. The van der Waals surface area contributed by atoms with Gasteiger partial charge in [0, 0.05) is 19.6 Å². The fourth-order valence-electron chi connectivity index (χ4n) is 3.16. The van der Waals surface area contributed by atoms with Gasteiger partial charge < -0.3 is 14.2 Å². The molecule has 20 heavy (non-hydrogen) atoms. The number of allylic oxidation sites excluding steroid dienone is 1. The predicted molar refractivity (Wildman–Crippen MR) is 79.3 cm³/mol. The van der Waals surface area contributed by atoms with Crippen LogP contribution in [-0.2, 0) is 19.0 Å². The summed E-state index contributed by atoms with van der Waals surface area (Å²) >= 11 is 3.63. The van der Waals surface area contributed by atoms with Gasteiger partial charge in [0.15, 0.2) is 0 Å². The summed E-state index contributed by atoms with van der Waals surface area (Å²) in [5.74, 6) is 0.704. The average Bonchev–Trinajstić information content (AvgIpc) is 2.69. The van der Waals surface area contributed by atoms with Crippen LogP contribution in [-0.4, -0.2) is 32.6 Å². The van der Waals surface area contributed by atoms with Gasteiger partial charge in [-0.1, -0.05) is 28.4 Å². The summed E-state index contributed by atoms with van der Waals surface area (Å²) in [7, 11) is 1.63. The summed E-state index contributed by atoms with van der Waals surface area (Å²) in [6.45, 7) is 3.07. The highest BCUT2D eigenvalue weighted by Gasteiger charge is 2.46. The molecule has 4 atom stereocenters. The fraction of sp³-hybridized carbons (Fsp3) is 0.800. The highest BCUT2D eigenvalue weighted by molar-refractivity contribution is 9.11. The molecular formula is C15H23BrO4. The van der Waals surface area contributed by atoms with E-state index in [9.17, 15) is 4.79 Å². The first-order valence-corrected chi connectivity index (χ1v) is 8.07. The highest BCUT2D eigenvalue weighted by atomic mass is 79.9. The number of carbonyl (C=O) groups is 1. The van der Waals surface area contributed by atoms with Gasteiger partial charge in [0.25, 0.3) is 0 Å². The third-order valence-electron chi connectivity index (χ3n) is 4.13. The SMILES string of the molecule is COCOCCCC[C@H]1C=C(Br)[C@H]2[C@H](C)OC(=O)[C@@H]2C1. The molecule has 0 aromatic heterocycles. The van der Waals surface area contributed by atoms with E-state index in [1.165, 1.54) is 0 Å². The molecule has 4 nitrogen and oxygen atoms in total. The smallest absolute Gasteiger partial charge is 0.310 e. The summed E-state index contributed by atoms with van der Waals surface area (Å²) < 4.78 is 16.6. The Balaban J connectivity index is 1.77. The Morgan fingerprint density at radius 2 is 2.25 bits per heavy atom. The summed E-state index contributed by atoms with van der Waals surface area (Å²) in [6, 6.07) is 0. The van der Waals surface area contributed by atoms with Gasteiger partial charge in [0.1, 0.15) is 12.9 Å². The van der Waals surface area contributed by atoms with Crippen molar-refractivity contribution in [2.75, 3.05) is 20.5 Å². The minimum Gasteiger partial charge on any atom is -0.462 e. The van der Waals surface area contributed by atoms with E-state index < -0.39 is 0 Å². The van der Waals surface area contributed by atoms with Crippen LogP contribution >= 0.6 is 15.9 Å². The minimum absolute atomic E-state index is 0.00141. The molecule has 0 N–H and O–H groups in total. The van der Waals surface area contributed by atoms with Gasteiger partial charge in [-0.25, -0.2) is 0 Å². The number of cyclic esters (lactones) is 1. The monoisotopic (exact) mass is 346 g/mol. The number of hydrogen-bond donors (Lipinski definition) is 0. The van der Waals surface area contributed by atoms with Gasteiger partial charge in [0.2, 0.25) is 0 Å². The number of carbonyl (C=O) groups excluding carboxylic acids is 1. The highest BCUT2D eigenvalue weighted by Crippen LogP contribution is 2.45. The van der Waals surface area contributed by atoms with Crippen molar-refractivity contribution in [3.63, 3.8) is 0 Å². The Morgan fingerprint density at radius 3 is 3.00 bits per heavy atom. The van der Waals surface area contributed by atoms with Crippen LogP contribution in [0.25, 0.3) is 0 Å². The van der Waals surface area contributed by atoms with Gasteiger partial charge in [-0.2, -0.15) is 0 Å². The summed E-state index contributed by atoms with van der Waals surface area (Å²) in [5.41, 5.74) is 0. The molecule has 0 spiro atoms. The molecule has 0 bridgehead atoms. The molecule has 0 radical (unpaired) electrons. The fourth-order valence-corrected chi connectivity index (χ4v) is 4.23. The van der Waals surface area contributed by atoms with Crippen molar-refractivity contribution < 1.29 is 19.0 Å². The number of unbranched alkanes of at least 4 members (excludes halogenated alkanes) is 1. The topological polar surface area (TPSA) is 44.8 Å². The molecule has 1 aliphatic heterocycles. The molecule has 1 fully saturated rings. The van der Waals surface area contributed by atoms with Crippen molar-refractivity contribution in [1.29, 1.82) is 0 Å². The molecule has 1 heterocycles. The quantitative estimate of drug-likeness (QED) is 0.403. The number of halogens is 1. The zero-order valence-corrected chi connectivity index (χ0v) is 13.7. The van der Waals surface area contributed by atoms with Crippen LogP contribution in [0.3, 0.4) is 0 Å². The molecule has 1 saturated heterocycles. The minimum atomic E-state index is -0.0269. The van der Waals surface area contributed by atoms with E-state index in [-0.39, 0.29) is 23.9 Å². The maximum atomic E-state index is 11.9. The van der Waals surface area contributed by atoms with E-state index in [4.69, 9.17) is 14.2 Å². The first-order chi connectivity index (χ1) is 9.63. The third kappa shape index (κ3) is 3.83. The lowest BCUT2D eigenvalue weighted by atomic mass is 9.77. The number of esters is 1. The van der Waals surface area contributed by atoms with Crippen LogP contribution in [0.5, 0.6) is 0 Å². The Morgan fingerprint density at radius 1 is 1.45 bits per heavy atom. The van der Waals surface area contributed by atoms with Crippen LogP contribution < -0.4 is 0 Å². The molecule has 2 aliphatic rings. The lowest BCUT2D eigenvalue weighted by Gasteiger charge is -2.27. The Kier molecular flexibility index (Phi) is 6.05. The lowest BCUT2D eigenvalue weighted by Crippen LogP contribution is -2.26. The summed E-state index contributed by atoms with van der Waals surface area (Å²) in [4.78, 5) is 11.9. The van der Waals surface area contributed by atoms with Crippen molar-refractivity contribution in [2.24, 2.45) is 17.8 Å². The standard InChI is InChI=1S/C15H23BrO4/c1-10-14-12(15(17)20-10)7-11(8-13(14)16)5-3-4-6-19-9-18-2/h8,10-12,14H,3-7,9H2,1-2H3/t10-,11+,12+,14-/m0/s1. The second kappa shape index (κ2) is 7.57. The predicted octanol–water partition coefficient (Wildman–Crippen LogP) is 3.25. The van der Waals surface area contributed by atoms with Crippen LogP contribution in [0.4, 0.5) is 0 Å². The number of ether oxygens (including phenoxy) is 3. The molecule has 114 valence electrons. The molecule has 0 aromatic carbocycles. The van der Waals surface area contributed by atoms with Crippen molar-refractivity contribution >= 4 is 21.9 Å². The van der Waals surface area contributed by atoms with Crippen LogP contribution in [0, 0.1) is 17.8 Å². The van der Waals surface area contributed by atoms with Crippen LogP contribution in [0.15, 0.2) is 10.6 Å². The van der Waals surface area contributed by atoms with E-state index in [0.717, 1.165) is 36.8 Å². The van der Waals surface area contributed by atoms with Crippen LogP contribution in [0.2, 0.25) is 0 Å². The van der Waals surface area contributed by atoms with Gasteiger partial charge in [0.05, 0.1) is 5.92 Å². The van der Waals surface area contributed by atoms with E-state index in [1.54, 1.807) is 7.11 Å². The van der Waals surface area contributed by atoms with Gasteiger partial charge in [-0.3, -0.25) is 4.79 Å². The molecule has 0 unspecified atom stereocenters. The van der Waals surface area contributed by atoms with Gasteiger partial charge >= 0.3 is 5.97 Å². The molecule has 2 rings (SSSR count). The zero-order valence-electron chi connectivity index (χ0n) is 12.1. The van der Waals surface area contributed by atoms with Crippen molar-refractivity contribution in [1.82, 2.24) is 0 Å². The van der Waals surface area contributed by atoms with Crippen molar-refractivity contribution in [3.05, 3.63) is 10.6 Å². The summed E-state index contributed by atoms with van der Waals surface area (Å²) in [5, 5.41) is 0.